The summed E-state index contributed by atoms with van der Waals surface area (Å²) >= 11 is 0. The summed E-state index contributed by atoms with van der Waals surface area (Å²) in [4.78, 5) is 0. The molecule has 4 aliphatic carbocycles. The monoisotopic (exact) mass is 318 g/mol. The molecule has 4 aliphatic rings. The maximum absolute atomic E-state index is 2.48. The highest BCUT2D eigenvalue weighted by atomic mass is 14.7. The van der Waals surface area contributed by atoms with Crippen molar-refractivity contribution >= 4 is 0 Å². The molecule has 4 fully saturated rings. The predicted octanol–water partition coefficient (Wildman–Crippen LogP) is 7.04. The van der Waals surface area contributed by atoms with Gasteiger partial charge in [0, 0.05) is 0 Å². The summed E-state index contributed by atoms with van der Waals surface area (Å²) in [5, 5.41) is 0. The van der Waals surface area contributed by atoms with E-state index in [1.54, 1.807) is 6.42 Å². The topological polar surface area (TPSA) is 0 Å². The van der Waals surface area contributed by atoms with Gasteiger partial charge < -0.3 is 0 Å². The number of rotatable bonds is 3. The zero-order valence-corrected chi connectivity index (χ0v) is 17.2. The molecular formula is C23H42. The molecule has 0 spiro atoms. The van der Waals surface area contributed by atoms with Gasteiger partial charge in [0.15, 0.2) is 0 Å². The summed E-state index contributed by atoms with van der Waals surface area (Å²) in [5.74, 6) is 8.14. The lowest BCUT2D eigenvalue weighted by Crippen LogP contribution is -2.10. The van der Waals surface area contributed by atoms with E-state index in [2.05, 4.69) is 55.4 Å². The average molecular weight is 319 g/mol. The molecule has 0 heteroatoms. The fourth-order valence-electron chi connectivity index (χ4n) is 7.09. The van der Waals surface area contributed by atoms with Gasteiger partial charge in [-0.05, 0) is 83.9 Å². The molecule has 0 aromatic rings. The third kappa shape index (κ3) is 2.62. The van der Waals surface area contributed by atoms with E-state index in [0.717, 1.165) is 58.2 Å². The maximum Gasteiger partial charge on any atom is -0.0238 e. The average Bonchev–Trinajstić information content (AvgIpc) is 3.35. The Morgan fingerprint density at radius 3 is 1.48 bits per heavy atom. The lowest BCUT2D eigenvalue weighted by atomic mass is 9.85. The van der Waals surface area contributed by atoms with E-state index < -0.39 is 0 Å². The van der Waals surface area contributed by atoms with Crippen LogP contribution in [0.5, 0.6) is 0 Å². The molecule has 0 aromatic carbocycles. The van der Waals surface area contributed by atoms with Crippen molar-refractivity contribution in [3.05, 3.63) is 0 Å². The SMILES string of the molecule is CC1CC2(C(C)C)CC2C1C.CCC1CC2(C(C)C)CC2C1C. The van der Waals surface area contributed by atoms with E-state index in [0.29, 0.717) is 0 Å². The molecule has 0 amide bonds. The Bertz CT molecular complexity index is 435. The molecule has 0 saturated heterocycles. The first kappa shape index (κ1) is 17.8. The molecule has 0 bridgehead atoms. The fourth-order valence-corrected chi connectivity index (χ4v) is 7.09. The van der Waals surface area contributed by atoms with Crippen LogP contribution in [0.25, 0.3) is 0 Å². The number of hydrogen-bond donors (Lipinski definition) is 0. The first-order chi connectivity index (χ1) is 10.7. The molecule has 0 heterocycles. The van der Waals surface area contributed by atoms with Crippen LogP contribution in [0, 0.1) is 58.2 Å². The summed E-state index contributed by atoms with van der Waals surface area (Å²) in [6, 6.07) is 0. The first-order valence-electron chi connectivity index (χ1n) is 10.7. The van der Waals surface area contributed by atoms with Crippen LogP contribution in [0.2, 0.25) is 0 Å². The van der Waals surface area contributed by atoms with Gasteiger partial charge >= 0.3 is 0 Å². The van der Waals surface area contributed by atoms with Crippen molar-refractivity contribution in [2.24, 2.45) is 58.2 Å². The van der Waals surface area contributed by atoms with Gasteiger partial charge in [0.1, 0.15) is 0 Å². The second-order valence-corrected chi connectivity index (χ2v) is 10.7. The second-order valence-electron chi connectivity index (χ2n) is 10.7. The fraction of sp³-hybridized carbons (Fsp3) is 1.00. The largest absolute Gasteiger partial charge is 0.0651 e. The highest BCUT2D eigenvalue weighted by molar-refractivity contribution is 5.13. The van der Waals surface area contributed by atoms with Crippen molar-refractivity contribution in [1.29, 1.82) is 0 Å². The molecule has 134 valence electrons. The highest BCUT2D eigenvalue weighted by Gasteiger charge is 2.64. The van der Waals surface area contributed by atoms with Crippen LogP contribution in [-0.4, -0.2) is 0 Å². The van der Waals surface area contributed by atoms with Gasteiger partial charge in [0.25, 0.3) is 0 Å². The van der Waals surface area contributed by atoms with Crippen molar-refractivity contribution in [2.45, 2.75) is 87.5 Å². The van der Waals surface area contributed by atoms with Crippen molar-refractivity contribution in [2.75, 3.05) is 0 Å². The van der Waals surface area contributed by atoms with Gasteiger partial charge in [0.05, 0.1) is 0 Å². The standard InChI is InChI=1S/C12H22.C11H20/c1-5-10-6-12(8(2)3)7-11(12)9(10)4;1-7(2)11-5-8(3)9(4)10(11)6-11/h8-11H,5-7H2,1-4H3;7-10H,5-6H2,1-4H3. The minimum absolute atomic E-state index is 0.804. The number of fused-ring (bicyclic) bond motifs is 2. The summed E-state index contributed by atoms with van der Waals surface area (Å²) in [5.41, 5.74) is 1.61. The molecule has 8 unspecified atom stereocenters. The first-order valence-corrected chi connectivity index (χ1v) is 10.7. The third-order valence-electron chi connectivity index (χ3n) is 9.44. The van der Waals surface area contributed by atoms with Crippen molar-refractivity contribution in [1.82, 2.24) is 0 Å². The van der Waals surface area contributed by atoms with Gasteiger partial charge in [-0.3, -0.25) is 0 Å². The Morgan fingerprint density at radius 2 is 1.22 bits per heavy atom. The van der Waals surface area contributed by atoms with E-state index >= 15 is 0 Å². The molecule has 0 aliphatic heterocycles. The summed E-state index contributed by atoms with van der Waals surface area (Å²) in [7, 11) is 0. The van der Waals surface area contributed by atoms with Crippen LogP contribution in [0.15, 0.2) is 0 Å². The Kier molecular flexibility index (Phi) is 4.47. The summed E-state index contributed by atoms with van der Waals surface area (Å²) in [6.07, 6.45) is 7.54. The lowest BCUT2D eigenvalue weighted by molar-refractivity contribution is 0.302. The minimum Gasteiger partial charge on any atom is -0.0651 e. The van der Waals surface area contributed by atoms with Gasteiger partial charge in [-0.25, -0.2) is 0 Å². The van der Waals surface area contributed by atoms with Crippen molar-refractivity contribution in [3.63, 3.8) is 0 Å². The van der Waals surface area contributed by atoms with Crippen molar-refractivity contribution in [3.8, 4) is 0 Å². The van der Waals surface area contributed by atoms with Gasteiger partial charge in [0.2, 0.25) is 0 Å². The van der Waals surface area contributed by atoms with E-state index in [1.807, 2.05) is 0 Å². The zero-order valence-electron chi connectivity index (χ0n) is 17.2. The molecule has 8 atom stereocenters. The zero-order chi connectivity index (χ0) is 17.2. The van der Waals surface area contributed by atoms with Crippen LogP contribution < -0.4 is 0 Å². The number of hydrogen-bond acceptors (Lipinski definition) is 0. The molecule has 0 aromatic heterocycles. The Labute approximate surface area is 146 Å². The maximum atomic E-state index is 2.48. The molecule has 4 rings (SSSR count). The molecule has 0 radical (unpaired) electrons. The minimum atomic E-state index is 0.804. The Hall–Kier alpha value is 0. The highest BCUT2D eigenvalue weighted by Crippen LogP contribution is 2.72. The van der Waals surface area contributed by atoms with Gasteiger partial charge in [-0.1, -0.05) is 61.8 Å². The summed E-state index contributed by atoms with van der Waals surface area (Å²) in [6.45, 7) is 19.4. The summed E-state index contributed by atoms with van der Waals surface area (Å²) < 4.78 is 0. The third-order valence-corrected chi connectivity index (χ3v) is 9.44. The van der Waals surface area contributed by atoms with Gasteiger partial charge in [-0.2, -0.15) is 0 Å². The van der Waals surface area contributed by atoms with E-state index in [4.69, 9.17) is 0 Å². The van der Waals surface area contributed by atoms with Crippen molar-refractivity contribution < 1.29 is 0 Å². The molecule has 23 heavy (non-hydrogen) atoms. The molecule has 4 saturated carbocycles. The normalized spacial score (nSPS) is 53.0. The quantitative estimate of drug-likeness (QED) is 0.523. The van der Waals surface area contributed by atoms with Gasteiger partial charge in [-0.15, -0.1) is 0 Å². The van der Waals surface area contributed by atoms with E-state index in [1.165, 1.54) is 25.7 Å². The van der Waals surface area contributed by atoms with Crippen LogP contribution in [0.3, 0.4) is 0 Å². The predicted molar refractivity (Wildman–Crippen MR) is 101 cm³/mol. The Balaban J connectivity index is 0.000000136. The molecule has 0 nitrogen and oxygen atoms in total. The van der Waals surface area contributed by atoms with Crippen LogP contribution in [-0.2, 0) is 0 Å². The van der Waals surface area contributed by atoms with Crippen LogP contribution >= 0.6 is 0 Å². The second kappa shape index (κ2) is 5.77. The smallest absolute Gasteiger partial charge is 0.0238 e. The van der Waals surface area contributed by atoms with E-state index in [9.17, 15) is 0 Å². The van der Waals surface area contributed by atoms with E-state index in [-0.39, 0.29) is 0 Å². The Morgan fingerprint density at radius 1 is 0.739 bits per heavy atom. The molecular weight excluding hydrogens is 276 g/mol. The molecule has 0 N–H and O–H groups in total. The lowest BCUT2D eigenvalue weighted by Gasteiger charge is -2.20. The van der Waals surface area contributed by atoms with Crippen LogP contribution in [0.1, 0.15) is 87.5 Å². The van der Waals surface area contributed by atoms with Crippen LogP contribution in [0.4, 0.5) is 0 Å².